The van der Waals surface area contributed by atoms with Crippen LogP contribution in [0.3, 0.4) is 0 Å². The standard InChI is InChI=1S/C29H29N5O4S2/c1-17(35)18-6-9-21(10-7-18)32-12-14-33(15-13-32)28(38)19-8-11-22-23(16-19)34-25(31-26(22)36)24(40-29(34)39)27(37)30-20-4-2-3-5-20/h6-11,16,20H,2-5,12-15H2,1H3,(H,30,37)(H,31,36). The van der Waals surface area contributed by atoms with E-state index in [2.05, 4.69) is 15.2 Å². The van der Waals surface area contributed by atoms with Crippen LogP contribution in [0.15, 0.2) is 47.3 Å². The minimum absolute atomic E-state index is 0.0314. The molecule has 2 aliphatic rings. The molecule has 1 aliphatic heterocycles. The molecule has 40 heavy (non-hydrogen) atoms. The number of H-pyrrole nitrogens is 1. The Bertz CT molecular complexity index is 1760. The van der Waals surface area contributed by atoms with Crippen LogP contribution in [0.25, 0.3) is 16.6 Å². The van der Waals surface area contributed by atoms with Crippen LogP contribution in [0, 0.1) is 3.95 Å². The summed E-state index contributed by atoms with van der Waals surface area (Å²) in [6.45, 7) is 3.96. The Balaban J connectivity index is 1.25. The molecule has 4 aromatic rings. The van der Waals surface area contributed by atoms with Gasteiger partial charge in [-0.15, -0.1) is 0 Å². The van der Waals surface area contributed by atoms with E-state index in [4.69, 9.17) is 12.2 Å². The fraction of sp³-hybridized carbons (Fsp3) is 0.345. The van der Waals surface area contributed by atoms with Gasteiger partial charge in [0.25, 0.3) is 17.4 Å². The van der Waals surface area contributed by atoms with Crippen LogP contribution in [0.1, 0.15) is 63.0 Å². The molecule has 2 amide bonds. The van der Waals surface area contributed by atoms with Gasteiger partial charge in [-0.1, -0.05) is 24.2 Å². The molecule has 11 heteroatoms. The lowest BCUT2D eigenvalue weighted by atomic mass is 10.1. The number of piperazine rings is 1. The van der Waals surface area contributed by atoms with Crippen molar-refractivity contribution in [2.24, 2.45) is 0 Å². The molecule has 206 valence electrons. The second-order valence-electron chi connectivity index (χ2n) is 10.4. The van der Waals surface area contributed by atoms with E-state index in [1.165, 1.54) is 0 Å². The van der Waals surface area contributed by atoms with Gasteiger partial charge in [0.1, 0.15) is 10.5 Å². The Morgan fingerprint density at radius 3 is 2.33 bits per heavy atom. The number of fused-ring (bicyclic) bond motifs is 3. The molecular weight excluding hydrogens is 546 g/mol. The number of Topliss-reactive ketones (excluding diaryl/α,β-unsaturated/α-hetero) is 1. The fourth-order valence-corrected chi connectivity index (χ4v) is 6.94. The molecule has 3 heterocycles. The van der Waals surface area contributed by atoms with Crippen molar-refractivity contribution in [1.82, 2.24) is 19.6 Å². The number of nitrogens with zero attached hydrogens (tertiary/aromatic N) is 3. The minimum atomic E-state index is -0.332. The predicted molar refractivity (Wildman–Crippen MR) is 159 cm³/mol. The average Bonchev–Trinajstić information content (AvgIpc) is 3.60. The first-order chi connectivity index (χ1) is 19.3. The van der Waals surface area contributed by atoms with Gasteiger partial charge in [0.2, 0.25) is 0 Å². The second-order valence-corrected chi connectivity index (χ2v) is 12.0. The third kappa shape index (κ3) is 4.84. The largest absolute Gasteiger partial charge is 0.368 e. The summed E-state index contributed by atoms with van der Waals surface area (Å²) in [6.07, 6.45) is 4.10. The monoisotopic (exact) mass is 575 g/mol. The summed E-state index contributed by atoms with van der Waals surface area (Å²) < 4.78 is 2.13. The SMILES string of the molecule is CC(=O)c1ccc(N2CCN(C(=O)c3ccc4c(=O)[nH]c5c(C(=O)NC6CCCC6)sc(=S)n5c4c3)CC2)cc1. The lowest BCUT2D eigenvalue weighted by molar-refractivity contribution is 0.0746. The summed E-state index contributed by atoms with van der Waals surface area (Å²) in [4.78, 5) is 58.3. The highest BCUT2D eigenvalue weighted by atomic mass is 32.1. The van der Waals surface area contributed by atoms with Gasteiger partial charge in [-0.25, -0.2) is 0 Å². The smallest absolute Gasteiger partial charge is 0.265 e. The van der Waals surface area contributed by atoms with Gasteiger partial charge in [0, 0.05) is 49.0 Å². The number of aromatic amines is 1. The number of thiazole rings is 1. The maximum Gasteiger partial charge on any atom is 0.265 e. The quantitative estimate of drug-likeness (QED) is 0.270. The summed E-state index contributed by atoms with van der Waals surface area (Å²) in [5.41, 5.74) is 2.69. The summed E-state index contributed by atoms with van der Waals surface area (Å²) in [7, 11) is 0. The Labute approximate surface area is 239 Å². The number of carbonyl (C=O) groups excluding carboxylic acids is 3. The molecule has 0 radical (unpaired) electrons. The number of benzene rings is 2. The third-order valence-corrected chi connectivity index (χ3v) is 9.25. The van der Waals surface area contributed by atoms with E-state index in [9.17, 15) is 19.2 Å². The van der Waals surface area contributed by atoms with Crippen LogP contribution < -0.4 is 15.8 Å². The molecule has 2 N–H and O–H groups in total. The summed E-state index contributed by atoms with van der Waals surface area (Å²) >= 11 is 6.78. The first kappa shape index (κ1) is 26.4. The van der Waals surface area contributed by atoms with E-state index in [0.29, 0.717) is 62.7 Å². The fourth-order valence-electron chi connectivity index (χ4n) is 5.65. The molecular formula is C29H29N5O4S2. The number of ketones is 1. The first-order valence-electron chi connectivity index (χ1n) is 13.5. The van der Waals surface area contributed by atoms with E-state index >= 15 is 0 Å². The second kappa shape index (κ2) is 10.6. The molecule has 1 aliphatic carbocycles. The zero-order valence-electron chi connectivity index (χ0n) is 22.1. The highest BCUT2D eigenvalue weighted by Gasteiger charge is 2.25. The van der Waals surface area contributed by atoms with Crippen molar-refractivity contribution < 1.29 is 14.4 Å². The lowest BCUT2D eigenvalue weighted by Crippen LogP contribution is -2.48. The van der Waals surface area contributed by atoms with Crippen LogP contribution >= 0.6 is 23.6 Å². The van der Waals surface area contributed by atoms with Gasteiger partial charge >= 0.3 is 0 Å². The molecule has 2 aromatic carbocycles. The number of amides is 2. The van der Waals surface area contributed by atoms with Crippen molar-refractivity contribution in [3.63, 3.8) is 0 Å². The molecule has 9 nitrogen and oxygen atoms in total. The zero-order chi connectivity index (χ0) is 28.0. The average molecular weight is 576 g/mol. The van der Waals surface area contributed by atoms with Crippen molar-refractivity contribution >= 4 is 63.4 Å². The molecule has 2 fully saturated rings. The van der Waals surface area contributed by atoms with Gasteiger partial charge in [-0.05, 0) is 74.4 Å². The minimum Gasteiger partial charge on any atom is -0.368 e. The number of hydrogen-bond acceptors (Lipinski definition) is 7. The van der Waals surface area contributed by atoms with Crippen LogP contribution in [-0.2, 0) is 0 Å². The molecule has 0 bridgehead atoms. The van der Waals surface area contributed by atoms with Gasteiger partial charge in [0.05, 0.1) is 10.9 Å². The third-order valence-electron chi connectivity index (χ3n) is 7.88. The van der Waals surface area contributed by atoms with Crippen LogP contribution in [-0.4, -0.2) is 64.1 Å². The van der Waals surface area contributed by atoms with Crippen molar-refractivity contribution in [3.8, 4) is 0 Å². The lowest BCUT2D eigenvalue weighted by Gasteiger charge is -2.36. The highest BCUT2D eigenvalue weighted by molar-refractivity contribution is 7.73. The molecule has 0 spiro atoms. The number of carbonyl (C=O) groups is 3. The van der Waals surface area contributed by atoms with Crippen molar-refractivity contribution in [1.29, 1.82) is 0 Å². The summed E-state index contributed by atoms with van der Waals surface area (Å²) in [5.74, 6) is -0.326. The molecule has 0 unspecified atom stereocenters. The van der Waals surface area contributed by atoms with Gasteiger partial charge < -0.3 is 20.1 Å². The van der Waals surface area contributed by atoms with E-state index in [1.54, 1.807) is 34.4 Å². The number of rotatable bonds is 5. The normalized spacial score (nSPS) is 16.1. The van der Waals surface area contributed by atoms with Gasteiger partial charge in [-0.3, -0.25) is 23.6 Å². The molecule has 0 atom stereocenters. The Kier molecular flexibility index (Phi) is 7.01. The highest BCUT2D eigenvalue weighted by Crippen LogP contribution is 2.26. The zero-order valence-corrected chi connectivity index (χ0v) is 23.7. The topological polar surface area (TPSA) is 107 Å². The maximum atomic E-state index is 13.5. The van der Waals surface area contributed by atoms with Gasteiger partial charge in [0.15, 0.2) is 9.74 Å². The predicted octanol–water partition coefficient (Wildman–Crippen LogP) is 4.41. The molecule has 1 saturated carbocycles. The number of aromatic nitrogens is 2. The van der Waals surface area contributed by atoms with Crippen molar-refractivity contribution in [2.75, 3.05) is 31.1 Å². The number of nitrogens with one attached hydrogen (secondary N) is 2. The van der Waals surface area contributed by atoms with E-state index in [1.807, 2.05) is 24.3 Å². The molecule has 2 aromatic heterocycles. The summed E-state index contributed by atoms with van der Waals surface area (Å²) in [6, 6.07) is 12.7. The van der Waals surface area contributed by atoms with Crippen LogP contribution in [0.5, 0.6) is 0 Å². The Morgan fingerprint density at radius 1 is 0.975 bits per heavy atom. The molecule has 6 rings (SSSR count). The van der Waals surface area contributed by atoms with Crippen LogP contribution in [0.4, 0.5) is 5.69 Å². The number of hydrogen-bond donors (Lipinski definition) is 2. The number of anilines is 1. The van der Waals surface area contributed by atoms with E-state index in [-0.39, 0.29) is 29.2 Å². The van der Waals surface area contributed by atoms with Crippen LogP contribution in [0.2, 0.25) is 0 Å². The van der Waals surface area contributed by atoms with Gasteiger partial charge in [-0.2, -0.15) is 0 Å². The van der Waals surface area contributed by atoms with E-state index in [0.717, 1.165) is 42.7 Å². The first-order valence-corrected chi connectivity index (χ1v) is 14.7. The van der Waals surface area contributed by atoms with Crippen molar-refractivity contribution in [2.45, 2.75) is 38.6 Å². The summed E-state index contributed by atoms with van der Waals surface area (Å²) in [5, 5.41) is 3.48. The molecule has 1 saturated heterocycles. The maximum absolute atomic E-state index is 13.5. The Morgan fingerprint density at radius 2 is 1.65 bits per heavy atom. The van der Waals surface area contributed by atoms with E-state index < -0.39 is 0 Å². The Hall–Kier alpha value is -3.83. The van der Waals surface area contributed by atoms with Crippen molar-refractivity contribution in [3.05, 3.63) is 72.8 Å².